The molecule has 2 aliphatic rings. The van der Waals surface area contributed by atoms with Crippen LogP contribution in [0.3, 0.4) is 0 Å². The van der Waals surface area contributed by atoms with E-state index in [2.05, 4.69) is 29.9 Å². The molecule has 0 atom stereocenters. The second-order valence-corrected chi connectivity index (χ2v) is 8.23. The van der Waals surface area contributed by atoms with Gasteiger partial charge in [-0.25, -0.2) is 4.68 Å². The Kier molecular flexibility index (Phi) is 5.67. The topological polar surface area (TPSA) is 50.6 Å². The number of hydrogen-bond donors (Lipinski definition) is 0. The molecule has 0 spiro atoms. The monoisotopic (exact) mass is 382 g/mol. The zero-order valence-electron chi connectivity index (χ0n) is 16.9. The van der Waals surface area contributed by atoms with Gasteiger partial charge < -0.3 is 14.5 Å². The zero-order chi connectivity index (χ0) is 19.5. The predicted molar refractivity (Wildman–Crippen MR) is 108 cm³/mol. The molecular formula is C22H30N4O2. The fourth-order valence-corrected chi connectivity index (χ4v) is 3.89. The van der Waals surface area contributed by atoms with Gasteiger partial charge in [0.1, 0.15) is 5.75 Å². The van der Waals surface area contributed by atoms with Crippen LogP contribution >= 0.6 is 0 Å². The molecule has 2 heterocycles. The van der Waals surface area contributed by atoms with Gasteiger partial charge in [0.05, 0.1) is 0 Å². The third kappa shape index (κ3) is 4.93. The Morgan fingerprint density at radius 2 is 1.89 bits per heavy atom. The van der Waals surface area contributed by atoms with Crippen molar-refractivity contribution in [1.29, 1.82) is 0 Å². The molecule has 1 saturated carbocycles. The van der Waals surface area contributed by atoms with Gasteiger partial charge >= 0.3 is 0 Å². The summed E-state index contributed by atoms with van der Waals surface area (Å²) in [6, 6.07) is 7.92. The van der Waals surface area contributed by atoms with E-state index in [1.807, 2.05) is 23.2 Å². The van der Waals surface area contributed by atoms with Crippen LogP contribution in [0.1, 0.15) is 40.9 Å². The van der Waals surface area contributed by atoms with Crippen molar-refractivity contribution in [3.8, 4) is 5.75 Å². The summed E-state index contributed by atoms with van der Waals surface area (Å²) < 4.78 is 7.52. The third-order valence-corrected chi connectivity index (χ3v) is 5.51. The van der Waals surface area contributed by atoms with E-state index in [9.17, 15) is 4.79 Å². The minimum absolute atomic E-state index is 0.0263. The largest absolute Gasteiger partial charge is 0.471 e. The van der Waals surface area contributed by atoms with E-state index >= 15 is 0 Å². The maximum Gasteiger partial charge on any atom is 0.274 e. The highest BCUT2D eigenvalue weighted by Crippen LogP contribution is 2.30. The van der Waals surface area contributed by atoms with E-state index in [4.69, 9.17) is 4.74 Å². The van der Waals surface area contributed by atoms with Gasteiger partial charge in [0.15, 0.2) is 12.4 Å². The molecular weight excluding hydrogens is 352 g/mol. The lowest BCUT2D eigenvalue weighted by Gasteiger charge is -2.21. The second-order valence-electron chi connectivity index (χ2n) is 8.23. The highest BCUT2D eigenvalue weighted by molar-refractivity contribution is 5.92. The summed E-state index contributed by atoms with van der Waals surface area (Å²) in [5.74, 6) is 1.75. The Morgan fingerprint density at radius 1 is 1.11 bits per heavy atom. The average molecular weight is 383 g/mol. The number of carbonyl (C=O) groups excluding carboxylic acids is 1. The molecule has 28 heavy (non-hydrogen) atoms. The quantitative estimate of drug-likeness (QED) is 0.770. The normalized spacial score (nSPS) is 18.1. The van der Waals surface area contributed by atoms with Gasteiger partial charge in [-0.15, -0.1) is 0 Å². The van der Waals surface area contributed by atoms with E-state index in [0.29, 0.717) is 12.4 Å². The summed E-state index contributed by atoms with van der Waals surface area (Å²) in [6.07, 6.45) is 5.60. The molecule has 1 aliphatic carbocycles. The second kappa shape index (κ2) is 8.35. The van der Waals surface area contributed by atoms with Gasteiger partial charge in [-0.1, -0.05) is 6.07 Å². The average Bonchev–Trinajstić information content (AvgIpc) is 3.40. The number of rotatable bonds is 6. The Morgan fingerprint density at radius 3 is 2.64 bits per heavy atom. The number of aryl methyl sites for hydroxylation is 2. The van der Waals surface area contributed by atoms with Gasteiger partial charge in [0, 0.05) is 32.4 Å². The fraction of sp³-hybridized carbons (Fsp3) is 0.545. The smallest absolute Gasteiger partial charge is 0.274 e. The van der Waals surface area contributed by atoms with Crippen LogP contribution in [0.2, 0.25) is 0 Å². The molecule has 0 unspecified atom stereocenters. The maximum atomic E-state index is 12.9. The van der Waals surface area contributed by atoms with Crippen molar-refractivity contribution in [2.24, 2.45) is 5.92 Å². The number of aromatic nitrogens is 2. The van der Waals surface area contributed by atoms with Crippen LogP contribution in [-0.2, 0) is 6.73 Å². The standard InChI is InChI=1S/C22H30N4O2/c1-17-12-18(2)14-20(13-17)28-16-26-9-6-21(23-26)22(27)25-8-3-7-24(10-11-25)15-19-4-5-19/h6,9,12-14,19H,3-5,7-8,10-11,15-16H2,1-2H3. The molecule has 0 N–H and O–H groups in total. The molecule has 6 nitrogen and oxygen atoms in total. The van der Waals surface area contributed by atoms with Crippen LogP contribution in [0.25, 0.3) is 0 Å². The van der Waals surface area contributed by atoms with Crippen molar-refractivity contribution in [3.63, 3.8) is 0 Å². The summed E-state index contributed by atoms with van der Waals surface area (Å²) in [4.78, 5) is 17.3. The summed E-state index contributed by atoms with van der Waals surface area (Å²) in [5, 5.41) is 4.44. The van der Waals surface area contributed by atoms with Gasteiger partial charge in [0.25, 0.3) is 5.91 Å². The highest BCUT2D eigenvalue weighted by Gasteiger charge is 2.27. The molecule has 0 radical (unpaired) electrons. The number of carbonyl (C=O) groups is 1. The van der Waals surface area contributed by atoms with Crippen LogP contribution in [-0.4, -0.2) is 58.2 Å². The van der Waals surface area contributed by atoms with Crippen molar-refractivity contribution < 1.29 is 9.53 Å². The lowest BCUT2D eigenvalue weighted by Crippen LogP contribution is -2.36. The molecule has 1 aromatic heterocycles. The predicted octanol–water partition coefficient (Wildman–Crippen LogP) is 3.09. The number of benzene rings is 1. The number of ether oxygens (including phenoxy) is 1. The summed E-state index contributed by atoms with van der Waals surface area (Å²) in [5.41, 5.74) is 2.84. The van der Waals surface area contributed by atoms with E-state index in [1.165, 1.54) is 30.5 Å². The third-order valence-electron chi connectivity index (χ3n) is 5.51. The molecule has 1 aromatic carbocycles. The van der Waals surface area contributed by atoms with E-state index in [-0.39, 0.29) is 5.91 Å². The van der Waals surface area contributed by atoms with Crippen molar-refractivity contribution >= 4 is 5.91 Å². The first-order valence-electron chi connectivity index (χ1n) is 10.3. The molecule has 1 amide bonds. The minimum Gasteiger partial charge on any atom is -0.471 e. The van der Waals surface area contributed by atoms with Gasteiger partial charge in [0.2, 0.25) is 0 Å². The molecule has 1 aliphatic heterocycles. The van der Waals surface area contributed by atoms with Crippen LogP contribution < -0.4 is 4.74 Å². The maximum absolute atomic E-state index is 12.9. The molecule has 6 heteroatoms. The van der Waals surface area contributed by atoms with Crippen molar-refractivity contribution in [2.45, 2.75) is 39.8 Å². The summed E-state index contributed by atoms with van der Waals surface area (Å²) >= 11 is 0. The SMILES string of the molecule is Cc1cc(C)cc(OCn2ccc(C(=O)N3CCCN(CC4CC4)CC3)n2)c1. The van der Waals surface area contributed by atoms with E-state index in [1.54, 1.807) is 10.7 Å². The highest BCUT2D eigenvalue weighted by atomic mass is 16.5. The van der Waals surface area contributed by atoms with Crippen LogP contribution in [0.15, 0.2) is 30.5 Å². The number of nitrogens with zero attached hydrogens (tertiary/aromatic N) is 4. The minimum atomic E-state index is 0.0263. The van der Waals surface area contributed by atoms with E-state index in [0.717, 1.165) is 44.3 Å². The number of amides is 1. The van der Waals surface area contributed by atoms with Crippen molar-refractivity contribution in [1.82, 2.24) is 19.6 Å². The Bertz CT molecular complexity index is 807. The summed E-state index contributed by atoms with van der Waals surface area (Å²) in [7, 11) is 0. The molecule has 2 fully saturated rings. The molecule has 0 bridgehead atoms. The molecule has 2 aromatic rings. The molecule has 150 valence electrons. The first kappa shape index (κ1) is 19.0. The molecule has 4 rings (SSSR count). The summed E-state index contributed by atoms with van der Waals surface area (Å²) in [6.45, 7) is 9.27. The zero-order valence-corrected chi connectivity index (χ0v) is 16.9. The van der Waals surface area contributed by atoms with E-state index < -0.39 is 0 Å². The van der Waals surface area contributed by atoms with Crippen LogP contribution in [0.5, 0.6) is 5.75 Å². The van der Waals surface area contributed by atoms with Crippen LogP contribution in [0.4, 0.5) is 0 Å². The van der Waals surface area contributed by atoms with Gasteiger partial charge in [-0.05, 0) is 74.9 Å². The van der Waals surface area contributed by atoms with Crippen molar-refractivity contribution in [3.05, 3.63) is 47.3 Å². The number of hydrogen-bond acceptors (Lipinski definition) is 4. The first-order chi connectivity index (χ1) is 13.6. The fourth-order valence-electron chi connectivity index (χ4n) is 3.89. The lowest BCUT2D eigenvalue weighted by molar-refractivity contribution is 0.0753. The van der Waals surface area contributed by atoms with Gasteiger partial charge in [-0.3, -0.25) is 4.79 Å². The lowest BCUT2D eigenvalue weighted by atomic mass is 10.1. The Balaban J connectivity index is 1.32. The van der Waals surface area contributed by atoms with Crippen LogP contribution in [0, 0.1) is 19.8 Å². The van der Waals surface area contributed by atoms with Crippen molar-refractivity contribution in [2.75, 3.05) is 32.7 Å². The molecule has 1 saturated heterocycles. The first-order valence-corrected chi connectivity index (χ1v) is 10.3. The Hall–Kier alpha value is -2.34. The van der Waals surface area contributed by atoms with Gasteiger partial charge in [-0.2, -0.15) is 5.10 Å². The Labute approximate surface area is 167 Å².